The molecule has 2 heterocycles. The van der Waals surface area contributed by atoms with Crippen LogP contribution in [0.15, 0.2) is 36.8 Å². The van der Waals surface area contributed by atoms with Crippen molar-refractivity contribution in [1.29, 1.82) is 0 Å². The number of anilines is 1. The van der Waals surface area contributed by atoms with Gasteiger partial charge in [0, 0.05) is 30.5 Å². The minimum absolute atomic E-state index is 0.229. The van der Waals surface area contributed by atoms with Gasteiger partial charge in [-0.3, -0.25) is 0 Å². The van der Waals surface area contributed by atoms with Crippen molar-refractivity contribution in [2.24, 2.45) is 0 Å². The normalized spacial score (nSPS) is 10.8. The summed E-state index contributed by atoms with van der Waals surface area (Å²) in [6.45, 7) is 4.99. The molecule has 0 aliphatic heterocycles. The molecule has 0 spiro atoms. The zero-order chi connectivity index (χ0) is 17.1. The highest BCUT2D eigenvalue weighted by Gasteiger charge is 2.13. The molecule has 0 radical (unpaired) electrons. The van der Waals surface area contributed by atoms with E-state index >= 15 is 0 Å². The van der Waals surface area contributed by atoms with Crippen LogP contribution in [0.4, 0.5) is 14.9 Å². The van der Waals surface area contributed by atoms with E-state index in [1.54, 1.807) is 23.4 Å². The molecule has 0 saturated carbocycles. The maximum absolute atomic E-state index is 14.2. The highest BCUT2D eigenvalue weighted by molar-refractivity contribution is 5.90. The predicted molar refractivity (Wildman–Crippen MR) is 88.1 cm³/mol. The van der Waals surface area contributed by atoms with Crippen LogP contribution in [0.25, 0.3) is 17.0 Å². The molecule has 8 heteroatoms. The van der Waals surface area contributed by atoms with E-state index in [-0.39, 0.29) is 11.6 Å². The Labute approximate surface area is 138 Å². The van der Waals surface area contributed by atoms with Crippen LogP contribution in [0.5, 0.6) is 0 Å². The fourth-order valence-corrected chi connectivity index (χ4v) is 2.36. The summed E-state index contributed by atoms with van der Waals surface area (Å²) in [5, 5.41) is 6.90. The number of benzene rings is 1. The molecule has 2 aromatic heterocycles. The maximum Gasteiger partial charge on any atom is 0.321 e. The van der Waals surface area contributed by atoms with Crippen molar-refractivity contribution in [3.63, 3.8) is 0 Å². The van der Waals surface area contributed by atoms with Crippen LogP contribution in [0.1, 0.15) is 13.8 Å². The highest BCUT2D eigenvalue weighted by Crippen LogP contribution is 2.24. The van der Waals surface area contributed by atoms with Crippen molar-refractivity contribution in [1.82, 2.24) is 24.5 Å². The minimum Gasteiger partial charge on any atom is -0.325 e. The predicted octanol–water partition coefficient (Wildman–Crippen LogP) is 2.80. The van der Waals surface area contributed by atoms with Crippen molar-refractivity contribution < 1.29 is 9.18 Å². The third-order valence-corrected chi connectivity index (χ3v) is 3.67. The number of urea groups is 1. The largest absolute Gasteiger partial charge is 0.325 e. The second kappa shape index (κ2) is 6.61. The molecule has 124 valence electrons. The first-order valence-electron chi connectivity index (χ1n) is 7.64. The van der Waals surface area contributed by atoms with Gasteiger partial charge < -0.3 is 10.2 Å². The van der Waals surface area contributed by atoms with E-state index in [2.05, 4.69) is 20.4 Å². The van der Waals surface area contributed by atoms with E-state index in [1.807, 2.05) is 13.8 Å². The van der Waals surface area contributed by atoms with Crippen molar-refractivity contribution in [2.75, 3.05) is 18.4 Å². The van der Waals surface area contributed by atoms with Gasteiger partial charge in [-0.25, -0.2) is 23.7 Å². The number of halogens is 1. The van der Waals surface area contributed by atoms with Gasteiger partial charge in [-0.2, -0.15) is 5.10 Å². The topological polar surface area (TPSA) is 75.4 Å². The van der Waals surface area contributed by atoms with E-state index in [0.29, 0.717) is 30.2 Å². The smallest absolute Gasteiger partial charge is 0.321 e. The van der Waals surface area contributed by atoms with Crippen molar-refractivity contribution in [3.05, 3.63) is 42.6 Å². The van der Waals surface area contributed by atoms with Crippen molar-refractivity contribution >= 4 is 17.5 Å². The van der Waals surface area contributed by atoms with Crippen LogP contribution >= 0.6 is 0 Å². The summed E-state index contributed by atoms with van der Waals surface area (Å²) in [4.78, 5) is 22.1. The van der Waals surface area contributed by atoms with Crippen LogP contribution in [-0.2, 0) is 0 Å². The monoisotopic (exact) mass is 328 g/mol. The number of nitrogens with zero attached hydrogens (tertiary/aromatic N) is 5. The zero-order valence-electron chi connectivity index (χ0n) is 13.4. The van der Waals surface area contributed by atoms with Gasteiger partial charge in [0.1, 0.15) is 5.82 Å². The molecule has 3 aromatic rings. The lowest BCUT2D eigenvalue weighted by molar-refractivity contribution is 0.217. The standard InChI is InChI=1S/C16H17FN6O/c1-3-22(4-2)16(24)20-11-5-6-13(17)12(9-11)14-10-19-23-8-7-18-15(23)21-14/h5-10H,3-4H2,1-2H3,(H,20,24). The highest BCUT2D eigenvalue weighted by atomic mass is 19.1. The second-order valence-corrected chi connectivity index (χ2v) is 5.11. The number of imidazole rings is 1. The molecular weight excluding hydrogens is 311 g/mol. The Hall–Kier alpha value is -3.03. The van der Waals surface area contributed by atoms with Crippen LogP contribution < -0.4 is 5.32 Å². The Bertz CT molecular complexity index is 874. The molecule has 3 rings (SSSR count). The lowest BCUT2D eigenvalue weighted by atomic mass is 10.1. The third-order valence-electron chi connectivity index (χ3n) is 3.67. The number of nitrogens with one attached hydrogen (secondary N) is 1. The summed E-state index contributed by atoms with van der Waals surface area (Å²) in [5.74, 6) is -0.0643. The van der Waals surface area contributed by atoms with Gasteiger partial charge in [0.2, 0.25) is 0 Å². The number of carbonyl (C=O) groups is 1. The molecular formula is C16H17FN6O. The molecule has 0 bridgehead atoms. The summed E-state index contributed by atoms with van der Waals surface area (Å²) in [6.07, 6.45) is 4.68. The van der Waals surface area contributed by atoms with Gasteiger partial charge in [0.05, 0.1) is 18.1 Å². The molecule has 0 aliphatic carbocycles. The van der Waals surface area contributed by atoms with Gasteiger partial charge in [-0.1, -0.05) is 0 Å². The first kappa shape index (κ1) is 15.9. The van der Waals surface area contributed by atoms with Gasteiger partial charge >= 0.3 is 6.03 Å². The van der Waals surface area contributed by atoms with Crippen LogP contribution in [0.3, 0.4) is 0 Å². The van der Waals surface area contributed by atoms with Gasteiger partial charge in [0.25, 0.3) is 5.78 Å². The molecule has 24 heavy (non-hydrogen) atoms. The summed E-state index contributed by atoms with van der Waals surface area (Å²) in [7, 11) is 0. The zero-order valence-corrected chi connectivity index (χ0v) is 13.4. The molecule has 2 amide bonds. The van der Waals surface area contributed by atoms with Crippen LogP contribution in [0.2, 0.25) is 0 Å². The Morgan fingerprint density at radius 3 is 2.88 bits per heavy atom. The number of rotatable bonds is 4. The number of carbonyl (C=O) groups excluding carboxylic acids is 1. The molecule has 0 aliphatic rings. The van der Waals surface area contributed by atoms with Crippen LogP contribution in [-0.4, -0.2) is 43.6 Å². The fraction of sp³-hybridized carbons (Fsp3) is 0.250. The SMILES string of the molecule is CCN(CC)C(=O)Nc1ccc(F)c(-c2cnn3ccnc3n2)c1. The molecule has 0 fully saturated rings. The van der Waals surface area contributed by atoms with Crippen molar-refractivity contribution in [3.8, 4) is 11.3 Å². The molecule has 0 atom stereocenters. The summed E-state index contributed by atoms with van der Waals surface area (Å²) in [5.41, 5.74) is 1.10. The molecule has 7 nitrogen and oxygen atoms in total. The quantitative estimate of drug-likeness (QED) is 0.799. The van der Waals surface area contributed by atoms with Gasteiger partial charge in [0.15, 0.2) is 0 Å². The van der Waals surface area contributed by atoms with Gasteiger partial charge in [-0.05, 0) is 32.0 Å². The van der Waals surface area contributed by atoms with Gasteiger partial charge in [-0.15, -0.1) is 0 Å². The number of fused-ring (bicyclic) bond motifs is 1. The Kier molecular flexibility index (Phi) is 4.37. The Balaban J connectivity index is 1.92. The minimum atomic E-state index is -0.443. The Morgan fingerprint density at radius 1 is 1.33 bits per heavy atom. The summed E-state index contributed by atoms with van der Waals surface area (Å²) >= 11 is 0. The number of hydrogen-bond acceptors (Lipinski definition) is 4. The first-order valence-corrected chi connectivity index (χ1v) is 7.64. The average Bonchev–Trinajstić information content (AvgIpc) is 3.05. The van der Waals surface area contributed by atoms with E-state index < -0.39 is 5.82 Å². The first-order chi connectivity index (χ1) is 11.6. The summed E-state index contributed by atoms with van der Waals surface area (Å²) in [6, 6.07) is 4.12. The van der Waals surface area contributed by atoms with E-state index in [0.717, 1.165) is 0 Å². The van der Waals surface area contributed by atoms with Crippen molar-refractivity contribution in [2.45, 2.75) is 13.8 Å². The fourth-order valence-electron chi connectivity index (χ4n) is 2.36. The second-order valence-electron chi connectivity index (χ2n) is 5.11. The third kappa shape index (κ3) is 3.03. The average molecular weight is 328 g/mol. The lowest BCUT2D eigenvalue weighted by Gasteiger charge is -2.19. The molecule has 1 aromatic carbocycles. The van der Waals surface area contributed by atoms with E-state index in [1.165, 1.54) is 22.8 Å². The summed E-state index contributed by atoms with van der Waals surface area (Å²) < 4.78 is 15.7. The number of amides is 2. The maximum atomic E-state index is 14.2. The number of aromatic nitrogens is 4. The Morgan fingerprint density at radius 2 is 2.12 bits per heavy atom. The van der Waals surface area contributed by atoms with E-state index in [4.69, 9.17) is 0 Å². The van der Waals surface area contributed by atoms with E-state index in [9.17, 15) is 9.18 Å². The van der Waals surface area contributed by atoms with Crippen LogP contribution in [0, 0.1) is 5.82 Å². The number of hydrogen-bond donors (Lipinski definition) is 1. The molecule has 0 saturated heterocycles. The molecule has 0 unspecified atom stereocenters. The molecule has 1 N–H and O–H groups in total. The lowest BCUT2D eigenvalue weighted by Crippen LogP contribution is -2.34.